The monoisotopic (exact) mass is 420 g/mol. The molecule has 1 aliphatic carbocycles. The van der Waals surface area contributed by atoms with Crippen molar-refractivity contribution in [3.05, 3.63) is 46.7 Å². The number of para-hydroxylation sites is 1. The summed E-state index contributed by atoms with van der Waals surface area (Å²) < 4.78 is 37.8. The van der Waals surface area contributed by atoms with Gasteiger partial charge in [0.25, 0.3) is 0 Å². The molecule has 0 bridgehead atoms. The summed E-state index contributed by atoms with van der Waals surface area (Å²) in [4.78, 5) is 16.5. The summed E-state index contributed by atoms with van der Waals surface area (Å²) in [6.45, 7) is -2.97. The minimum absolute atomic E-state index is 0.0377. The standard InChI is InChI=1S/C20H18F2N2O4S/c21-19(22)28-15-7-3-4-12(17(15)27-13-5-1-2-6-13)8-9-14-16(18(25)26)24-10-11-29-20(24)23-14/h3-4,7-11,13,19H,1-2,5-6H2,(H,25,26)/b9-8+. The number of rotatable bonds is 7. The van der Waals surface area contributed by atoms with Gasteiger partial charge >= 0.3 is 12.6 Å². The van der Waals surface area contributed by atoms with E-state index in [1.165, 1.54) is 21.8 Å². The Kier molecular flexibility index (Phi) is 5.48. The maximum atomic E-state index is 12.8. The molecule has 0 saturated heterocycles. The lowest BCUT2D eigenvalue weighted by molar-refractivity contribution is -0.0520. The molecule has 0 unspecified atom stereocenters. The molecule has 0 spiro atoms. The van der Waals surface area contributed by atoms with Crippen molar-refractivity contribution in [2.45, 2.75) is 38.4 Å². The topological polar surface area (TPSA) is 73.1 Å². The third kappa shape index (κ3) is 4.09. The highest BCUT2D eigenvalue weighted by Gasteiger charge is 2.22. The lowest BCUT2D eigenvalue weighted by Crippen LogP contribution is -2.13. The van der Waals surface area contributed by atoms with Gasteiger partial charge in [0.2, 0.25) is 0 Å². The maximum absolute atomic E-state index is 12.8. The highest BCUT2D eigenvalue weighted by atomic mass is 32.1. The number of carboxylic acids is 1. The van der Waals surface area contributed by atoms with Crippen molar-refractivity contribution in [2.75, 3.05) is 0 Å². The molecule has 3 aromatic rings. The Hall–Kier alpha value is -2.94. The van der Waals surface area contributed by atoms with Crippen molar-refractivity contribution >= 4 is 34.4 Å². The van der Waals surface area contributed by atoms with E-state index in [0.717, 1.165) is 25.7 Å². The Balaban J connectivity index is 1.71. The quantitative estimate of drug-likeness (QED) is 0.570. The number of carbonyl (C=O) groups is 1. The Labute approximate surface area is 169 Å². The molecule has 1 saturated carbocycles. The highest BCUT2D eigenvalue weighted by Crippen LogP contribution is 2.37. The van der Waals surface area contributed by atoms with Crippen LogP contribution in [-0.4, -0.2) is 33.2 Å². The van der Waals surface area contributed by atoms with Crippen LogP contribution in [0.3, 0.4) is 0 Å². The van der Waals surface area contributed by atoms with Crippen molar-refractivity contribution in [3.8, 4) is 11.5 Å². The highest BCUT2D eigenvalue weighted by molar-refractivity contribution is 7.15. The minimum atomic E-state index is -2.97. The van der Waals surface area contributed by atoms with Crippen LogP contribution in [0.2, 0.25) is 0 Å². The predicted octanol–water partition coefficient (Wildman–Crippen LogP) is 5.19. The number of ether oxygens (including phenoxy) is 2. The zero-order valence-corrected chi connectivity index (χ0v) is 16.1. The molecule has 152 valence electrons. The minimum Gasteiger partial charge on any atom is -0.486 e. The normalized spacial score (nSPS) is 15.0. The molecular formula is C20H18F2N2O4S. The summed E-state index contributed by atoms with van der Waals surface area (Å²) in [6, 6.07) is 4.73. The van der Waals surface area contributed by atoms with E-state index in [0.29, 0.717) is 10.5 Å². The van der Waals surface area contributed by atoms with Crippen LogP contribution >= 0.6 is 11.3 Å². The molecule has 1 fully saturated rings. The van der Waals surface area contributed by atoms with E-state index in [9.17, 15) is 18.7 Å². The van der Waals surface area contributed by atoms with Gasteiger partial charge in [-0.3, -0.25) is 4.40 Å². The number of hydrogen-bond donors (Lipinski definition) is 1. The fourth-order valence-electron chi connectivity index (χ4n) is 3.45. The number of hydrogen-bond acceptors (Lipinski definition) is 5. The molecule has 0 aliphatic heterocycles. The number of imidazole rings is 1. The molecule has 9 heteroatoms. The van der Waals surface area contributed by atoms with E-state index in [-0.39, 0.29) is 29.0 Å². The van der Waals surface area contributed by atoms with Crippen LogP contribution in [0, 0.1) is 0 Å². The van der Waals surface area contributed by atoms with Gasteiger partial charge in [-0.1, -0.05) is 12.1 Å². The second-order valence-electron chi connectivity index (χ2n) is 6.62. The first-order valence-electron chi connectivity index (χ1n) is 9.14. The van der Waals surface area contributed by atoms with Crippen molar-refractivity contribution in [1.29, 1.82) is 0 Å². The molecule has 1 aromatic carbocycles. The Morgan fingerprint density at radius 3 is 2.83 bits per heavy atom. The fraction of sp³-hybridized carbons (Fsp3) is 0.300. The predicted molar refractivity (Wildman–Crippen MR) is 105 cm³/mol. The van der Waals surface area contributed by atoms with Crippen LogP contribution in [0.15, 0.2) is 29.8 Å². The smallest absolute Gasteiger partial charge is 0.387 e. The number of carboxylic acid groups (broad SMARTS) is 1. The first kappa shape index (κ1) is 19.4. The Bertz CT molecular complexity index is 1050. The van der Waals surface area contributed by atoms with Crippen molar-refractivity contribution < 1.29 is 28.2 Å². The summed E-state index contributed by atoms with van der Waals surface area (Å²) in [5.74, 6) is -0.917. The molecule has 0 atom stereocenters. The third-order valence-electron chi connectivity index (χ3n) is 4.72. The van der Waals surface area contributed by atoms with Crippen LogP contribution in [0.25, 0.3) is 17.1 Å². The van der Waals surface area contributed by atoms with Crippen LogP contribution in [0.1, 0.15) is 47.4 Å². The second kappa shape index (κ2) is 8.20. The first-order chi connectivity index (χ1) is 14.0. The summed E-state index contributed by atoms with van der Waals surface area (Å²) >= 11 is 1.32. The number of aromatic carboxylic acids is 1. The van der Waals surface area contributed by atoms with E-state index in [1.807, 2.05) is 0 Å². The van der Waals surface area contributed by atoms with E-state index in [4.69, 9.17) is 4.74 Å². The average molecular weight is 420 g/mol. The number of thiazole rings is 1. The number of halogens is 2. The lowest BCUT2D eigenvalue weighted by Gasteiger charge is -2.18. The van der Waals surface area contributed by atoms with Crippen LogP contribution in [0.5, 0.6) is 11.5 Å². The van der Waals surface area contributed by atoms with Gasteiger partial charge in [-0.2, -0.15) is 8.78 Å². The molecule has 2 aromatic heterocycles. The second-order valence-corrected chi connectivity index (χ2v) is 7.49. The molecule has 0 amide bonds. The summed E-state index contributed by atoms with van der Waals surface area (Å²) in [7, 11) is 0. The molecule has 4 rings (SSSR count). The van der Waals surface area contributed by atoms with Gasteiger partial charge in [-0.05, 0) is 43.9 Å². The van der Waals surface area contributed by atoms with Gasteiger partial charge in [0.15, 0.2) is 22.2 Å². The van der Waals surface area contributed by atoms with Gasteiger partial charge in [0, 0.05) is 17.1 Å². The van der Waals surface area contributed by atoms with Crippen molar-refractivity contribution in [1.82, 2.24) is 9.38 Å². The molecule has 0 radical (unpaired) electrons. The van der Waals surface area contributed by atoms with Crippen LogP contribution < -0.4 is 9.47 Å². The summed E-state index contributed by atoms with van der Waals surface area (Å²) in [5, 5.41) is 11.3. The molecule has 6 nitrogen and oxygen atoms in total. The Morgan fingerprint density at radius 2 is 2.10 bits per heavy atom. The molecule has 1 N–H and O–H groups in total. The lowest BCUT2D eigenvalue weighted by atomic mass is 10.1. The van der Waals surface area contributed by atoms with E-state index < -0.39 is 12.6 Å². The average Bonchev–Trinajstić information content (AvgIpc) is 3.38. The summed E-state index contributed by atoms with van der Waals surface area (Å²) in [5.41, 5.74) is 0.829. The number of fused-ring (bicyclic) bond motifs is 1. The third-order valence-corrected chi connectivity index (χ3v) is 5.48. The van der Waals surface area contributed by atoms with Gasteiger partial charge in [-0.15, -0.1) is 11.3 Å². The maximum Gasteiger partial charge on any atom is 0.387 e. The molecule has 2 heterocycles. The molecule has 1 aliphatic rings. The number of alkyl halides is 2. The SMILES string of the molecule is O=C(O)c1c(/C=C/c2cccc(OC(F)F)c2OC2CCCC2)nc2sccn12. The first-order valence-corrected chi connectivity index (χ1v) is 10.0. The summed E-state index contributed by atoms with van der Waals surface area (Å²) in [6.07, 6.45) is 8.51. The van der Waals surface area contributed by atoms with Gasteiger partial charge in [-0.25, -0.2) is 9.78 Å². The number of nitrogens with zero attached hydrogens (tertiary/aromatic N) is 2. The van der Waals surface area contributed by atoms with Crippen LogP contribution in [0.4, 0.5) is 8.78 Å². The molecule has 29 heavy (non-hydrogen) atoms. The zero-order valence-electron chi connectivity index (χ0n) is 15.3. The fourth-order valence-corrected chi connectivity index (χ4v) is 4.17. The van der Waals surface area contributed by atoms with Gasteiger partial charge in [0.1, 0.15) is 0 Å². The zero-order chi connectivity index (χ0) is 20.4. The van der Waals surface area contributed by atoms with E-state index in [2.05, 4.69) is 9.72 Å². The Morgan fingerprint density at radius 1 is 1.31 bits per heavy atom. The van der Waals surface area contributed by atoms with Gasteiger partial charge < -0.3 is 14.6 Å². The molecular weight excluding hydrogens is 402 g/mol. The number of benzene rings is 1. The van der Waals surface area contributed by atoms with Crippen molar-refractivity contribution in [3.63, 3.8) is 0 Å². The largest absolute Gasteiger partial charge is 0.486 e. The van der Waals surface area contributed by atoms with E-state index >= 15 is 0 Å². The van der Waals surface area contributed by atoms with E-state index in [1.54, 1.807) is 35.9 Å². The van der Waals surface area contributed by atoms with Crippen LogP contribution in [-0.2, 0) is 0 Å². The van der Waals surface area contributed by atoms with Crippen molar-refractivity contribution in [2.24, 2.45) is 0 Å². The number of aromatic nitrogens is 2. The van der Waals surface area contributed by atoms with Gasteiger partial charge in [0.05, 0.1) is 11.8 Å².